The quantitative estimate of drug-likeness (QED) is 0.667. The summed E-state index contributed by atoms with van der Waals surface area (Å²) < 4.78 is 0. The molecule has 1 aromatic carbocycles. The monoisotopic (exact) mass is 416 g/mol. The number of aromatic amines is 1. The van der Waals surface area contributed by atoms with Crippen molar-refractivity contribution >= 4 is 11.7 Å². The van der Waals surface area contributed by atoms with Crippen molar-refractivity contribution in [2.75, 3.05) is 18.0 Å². The molecule has 2 aromatic heterocycles. The zero-order valence-corrected chi connectivity index (χ0v) is 17.9. The number of hydrogen-bond acceptors (Lipinski definition) is 5. The molecule has 1 fully saturated rings. The molecule has 7 heteroatoms. The highest BCUT2D eigenvalue weighted by Gasteiger charge is 2.30. The molecule has 0 radical (unpaired) electrons. The number of aryl methyl sites for hydroxylation is 2. The number of H-pyrrole nitrogens is 1. The number of anilines is 1. The minimum absolute atomic E-state index is 0.0444. The molecule has 0 unspecified atom stereocenters. The van der Waals surface area contributed by atoms with E-state index in [0.717, 1.165) is 67.4 Å². The van der Waals surface area contributed by atoms with Crippen LogP contribution in [0.15, 0.2) is 36.5 Å². The molecule has 1 atom stereocenters. The maximum Gasteiger partial charge on any atom is 0.225 e. The Morgan fingerprint density at radius 3 is 2.87 bits per heavy atom. The molecule has 7 nitrogen and oxygen atoms in total. The minimum atomic E-state index is -0.0444. The highest BCUT2D eigenvalue weighted by Crippen LogP contribution is 2.33. The van der Waals surface area contributed by atoms with Crippen molar-refractivity contribution in [1.29, 1.82) is 0 Å². The number of imidazole rings is 1. The van der Waals surface area contributed by atoms with Crippen LogP contribution in [0.2, 0.25) is 0 Å². The largest absolute Gasteiger partial charge is 0.355 e. The van der Waals surface area contributed by atoms with Gasteiger partial charge in [0.2, 0.25) is 5.91 Å². The van der Waals surface area contributed by atoms with Crippen molar-refractivity contribution in [2.45, 2.75) is 45.6 Å². The third kappa shape index (κ3) is 4.17. The van der Waals surface area contributed by atoms with Crippen LogP contribution >= 0.6 is 0 Å². The van der Waals surface area contributed by atoms with E-state index in [4.69, 9.17) is 9.97 Å². The molecular weight excluding hydrogens is 388 g/mol. The first-order valence-electron chi connectivity index (χ1n) is 11.2. The molecule has 0 saturated carbocycles. The fourth-order valence-corrected chi connectivity index (χ4v) is 4.65. The number of benzene rings is 1. The van der Waals surface area contributed by atoms with Gasteiger partial charge in [0.25, 0.3) is 0 Å². The number of carbonyl (C=O) groups is 1. The van der Waals surface area contributed by atoms with Crippen molar-refractivity contribution < 1.29 is 4.79 Å². The summed E-state index contributed by atoms with van der Waals surface area (Å²) in [5, 5.41) is 3.05. The van der Waals surface area contributed by atoms with Crippen LogP contribution in [0, 0.1) is 12.8 Å². The Morgan fingerprint density at radius 1 is 1.19 bits per heavy atom. The van der Waals surface area contributed by atoms with Crippen LogP contribution in [0.1, 0.15) is 42.0 Å². The average Bonchev–Trinajstić information content (AvgIpc) is 3.46. The maximum atomic E-state index is 12.9. The Kier molecular flexibility index (Phi) is 5.40. The molecule has 160 valence electrons. The van der Waals surface area contributed by atoms with E-state index < -0.39 is 0 Å². The van der Waals surface area contributed by atoms with Gasteiger partial charge in [0.05, 0.1) is 12.5 Å². The van der Waals surface area contributed by atoms with Gasteiger partial charge in [0, 0.05) is 41.8 Å². The molecule has 2 N–H and O–H groups in total. The standard InChI is InChI=1S/C24H28N6O/c1-16-13-25-21(27-16)14-26-24(31)18-9-6-12-30(15-18)23-19-10-5-11-20(19)28-22(29-23)17-7-3-2-4-8-17/h2-4,7-8,13,18H,5-6,9-12,14-15H2,1H3,(H,25,27)(H,26,31)/t18-/m0/s1. The molecule has 0 bridgehead atoms. The van der Waals surface area contributed by atoms with Gasteiger partial charge < -0.3 is 15.2 Å². The molecule has 1 saturated heterocycles. The number of piperidine rings is 1. The molecule has 3 heterocycles. The van der Waals surface area contributed by atoms with E-state index in [0.29, 0.717) is 13.1 Å². The zero-order valence-electron chi connectivity index (χ0n) is 17.9. The lowest BCUT2D eigenvalue weighted by molar-refractivity contribution is -0.125. The number of fused-ring (bicyclic) bond motifs is 1. The van der Waals surface area contributed by atoms with Gasteiger partial charge >= 0.3 is 0 Å². The molecule has 3 aromatic rings. The fourth-order valence-electron chi connectivity index (χ4n) is 4.65. The number of rotatable bonds is 5. The summed E-state index contributed by atoms with van der Waals surface area (Å²) >= 11 is 0. The second-order valence-electron chi connectivity index (χ2n) is 8.53. The molecule has 0 spiro atoms. The van der Waals surface area contributed by atoms with Crippen LogP contribution in [0.25, 0.3) is 11.4 Å². The van der Waals surface area contributed by atoms with Crippen LogP contribution in [0.5, 0.6) is 0 Å². The van der Waals surface area contributed by atoms with Crippen LogP contribution in [0.3, 0.4) is 0 Å². The maximum absolute atomic E-state index is 12.9. The first kappa shape index (κ1) is 19.7. The topological polar surface area (TPSA) is 86.8 Å². The lowest BCUT2D eigenvalue weighted by Gasteiger charge is -2.34. The van der Waals surface area contributed by atoms with Crippen molar-refractivity contribution in [1.82, 2.24) is 25.3 Å². The van der Waals surface area contributed by atoms with Crippen LogP contribution in [0.4, 0.5) is 5.82 Å². The smallest absolute Gasteiger partial charge is 0.225 e. The summed E-state index contributed by atoms with van der Waals surface area (Å²) in [6.07, 6.45) is 6.81. The van der Waals surface area contributed by atoms with Crippen LogP contribution in [-0.2, 0) is 24.2 Å². The summed E-state index contributed by atoms with van der Waals surface area (Å²) in [4.78, 5) is 32.5. The summed E-state index contributed by atoms with van der Waals surface area (Å²) in [6.45, 7) is 4.02. The second kappa shape index (κ2) is 8.49. The Labute approximate surface area is 182 Å². The summed E-state index contributed by atoms with van der Waals surface area (Å²) in [5.74, 6) is 2.65. The van der Waals surface area contributed by atoms with Gasteiger partial charge in [-0.3, -0.25) is 4.79 Å². The number of carbonyl (C=O) groups excluding carboxylic acids is 1. The van der Waals surface area contributed by atoms with E-state index in [-0.39, 0.29) is 11.8 Å². The Morgan fingerprint density at radius 2 is 2.06 bits per heavy atom. The Bertz CT molecular complexity index is 1080. The average molecular weight is 417 g/mol. The van der Waals surface area contributed by atoms with Gasteiger partial charge in [0.15, 0.2) is 5.82 Å². The number of nitrogens with one attached hydrogen (secondary N) is 2. The highest BCUT2D eigenvalue weighted by molar-refractivity contribution is 5.79. The first-order valence-corrected chi connectivity index (χ1v) is 11.2. The van der Waals surface area contributed by atoms with Gasteiger partial charge in [-0.15, -0.1) is 0 Å². The van der Waals surface area contributed by atoms with Gasteiger partial charge in [-0.05, 0) is 39.0 Å². The third-order valence-electron chi connectivity index (χ3n) is 6.22. The summed E-state index contributed by atoms with van der Waals surface area (Å²) in [7, 11) is 0. The van der Waals surface area contributed by atoms with E-state index in [2.05, 4.69) is 32.3 Å². The van der Waals surface area contributed by atoms with E-state index >= 15 is 0 Å². The van der Waals surface area contributed by atoms with Crippen LogP contribution < -0.4 is 10.2 Å². The van der Waals surface area contributed by atoms with E-state index in [9.17, 15) is 4.79 Å². The zero-order chi connectivity index (χ0) is 21.2. The van der Waals surface area contributed by atoms with E-state index in [1.165, 1.54) is 11.3 Å². The normalized spacial score (nSPS) is 18.1. The predicted molar refractivity (Wildman–Crippen MR) is 120 cm³/mol. The molecule has 1 aliphatic heterocycles. The summed E-state index contributed by atoms with van der Waals surface area (Å²) in [5.41, 5.74) is 4.48. The van der Waals surface area contributed by atoms with Gasteiger partial charge in [-0.25, -0.2) is 15.0 Å². The lowest BCUT2D eigenvalue weighted by atomic mass is 9.96. The van der Waals surface area contributed by atoms with E-state index in [1.807, 2.05) is 25.1 Å². The Hall–Kier alpha value is -3.22. The molecular formula is C24H28N6O. The SMILES string of the molecule is Cc1cnc(CNC(=O)[C@H]2CCCN(c3nc(-c4ccccc4)nc4c3CCC4)C2)[nH]1. The third-order valence-corrected chi connectivity index (χ3v) is 6.22. The van der Waals surface area contributed by atoms with Crippen molar-refractivity contribution in [3.05, 3.63) is 59.3 Å². The highest BCUT2D eigenvalue weighted by atomic mass is 16.1. The van der Waals surface area contributed by atoms with Crippen molar-refractivity contribution in [2.24, 2.45) is 5.92 Å². The molecule has 2 aliphatic rings. The van der Waals surface area contributed by atoms with Gasteiger partial charge in [-0.1, -0.05) is 30.3 Å². The van der Waals surface area contributed by atoms with E-state index in [1.54, 1.807) is 6.20 Å². The lowest BCUT2D eigenvalue weighted by Crippen LogP contribution is -2.43. The fraction of sp³-hybridized carbons (Fsp3) is 0.417. The minimum Gasteiger partial charge on any atom is -0.355 e. The number of aromatic nitrogens is 4. The van der Waals surface area contributed by atoms with Crippen LogP contribution in [-0.4, -0.2) is 38.9 Å². The predicted octanol–water partition coefficient (Wildman–Crippen LogP) is 3.20. The van der Waals surface area contributed by atoms with Crippen molar-refractivity contribution in [3.63, 3.8) is 0 Å². The van der Waals surface area contributed by atoms with Crippen molar-refractivity contribution in [3.8, 4) is 11.4 Å². The van der Waals surface area contributed by atoms with Gasteiger partial charge in [-0.2, -0.15) is 0 Å². The number of amides is 1. The number of nitrogens with zero attached hydrogens (tertiary/aromatic N) is 4. The number of hydrogen-bond donors (Lipinski definition) is 2. The Balaban J connectivity index is 1.35. The molecule has 1 aliphatic carbocycles. The summed E-state index contributed by atoms with van der Waals surface area (Å²) in [6, 6.07) is 10.2. The van der Waals surface area contributed by atoms with Gasteiger partial charge in [0.1, 0.15) is 11.6 Å². The molecule has 31 heavy (non-hydrogen) atoms. The molecule has 1 amide bonds. The second-order valence-corrected chi connectivity index (χ2v) is 8.53. The molecule has 5 rings (SSSR count). The first-order chi connectivity index (χ1) is 15.2.